The Bertz CT molecular complexity index is 433. The molecule has 3 nitrogen and oxygen atoms in total. The second kappa shape index (κ2) is 2.00. The highest BCUT2D eigenvalue weighted by atomic mass is 16.3. The number of oxazole rings is 1. The number of benzene rings is 1. The molecule has 0 spiro atoms. The number of rotatable bonds is 0. The van der Waals surface area contributed by atoms with Crippen LogP contribution < -0.4 is 5.32 Å². The summed E-state index contributed by atoms with van der Waals surface area (Å²) < 4.78 is 5.29. The van der Waals surface area contributed by atoms with Crippen LogP contribution in [-0.4, -0.2) is 11.5 Å². The highest BCUT2D eigenvalue weighted by molar-refractivity contribution is 5.89. The topological polar surface area (TPSA) is 38.1 Å². The Morgan fingerprint density at radius 3 is 3.42 bits per heavy atom. The average molecular weight is 160 g/mol. The van der Waals surface area contributed by atoms with E-state index in [1.165, 1.54) is 12.0 Å². The third-order valence-electron chi connectivity index (χ3n) is 2.28. The van der Waals surface area contributed by atoms with E-state index in [1.54, 1.807) is 0 Å². The zero-order chi connectivity index (χ0) is 7.97. The highest BCUT2D eigenvalue weighted by Gasteiger charge is 2.15. The van der Waals surface area contributed by atoms with Gasteiger partial charge in [-0.3, -0.25) is 0 Å². The number of nitrogens with one attached hydrogen (secondary N) is 1. The van der Waals surface area contributed by atoms with Gasteiger partial charge in [-0.1, -0.05) is 6.07 Å². The van der Waals surface area contributed by atoms with Crippen LogP contribution in [0.1, 0.15) is 5.56 Å². The van der Waals surface area contributed by atoms with E-state index in [2.05, 4.69) is 16.4 Å². The Balaban J connectivity index is 2.46. The van der Waals surface area contributed by atoms with Crippen LogP contribution in [0, 0.1) is 0 Å². The fraction of sp³-hybridized carbons (Fsp3) is 0.222. The molecular weight excluding hydrogens is 152 g/mol. The first kappa shape index (κ1) is 6.06. The minimum Gasteiger partial charge on any atom is -0.441 e. The van der Waals surface area contributed by atoms with Gasteiger partial charge in [0.05, 0.1) is 5.69 Å². The molecule has 0 atom stereocenters. The standard InChI is InChI=1S/C9H8N2O/c1-2-7-9(12-5-11-7)8-6(1)3-4-10-8/h1-2,5,10H,3-4H2. The van der Waals surface area contributed by atoms with Gasteiger partial charge in [0.25, 0.3) is 0 Å². The maximum atomic E-state index is 5.29. The molecule has 0 saturated heterocycles. The van der Waals surface area contributed by atoms with Crippen LogP contribution in [0.4, 0.5) is 5.69 Å². The van der Waals surface area contributed by atoms with Gasteiger partial charge in [0, 0.05) is 6.54 Å². The van der Waals surface area contributed by atoms with Crippen LogP contribution in [0.5, 0.6) is 0 Å². The minimum absolute atomic E-state index is 0.894. The SMILES string of the molecule is c1nc2ccc3c(c2o1)NCC3. The van der Waals surface area contributed by atoms with Gasteiger partial charge in [-0.25, -0.2) is 4.98 Å². The number of nitrogens with zero attached hydrogens (tertiary/aromatic N) is 1. The van der Waals surface area contributed by atoms with Crippen LogP contribution >= 0.6 is 0 Å². The molecule has 0 radical (unpaired) electrons. The van der Waals surface area contributed by atoms with E-state index in [0.717, 1.165) is 29.8 Å². The lowest BCUT2D eigenvalue weighted by Gasteiger charge is -1.97. The summed E-state index contributed by atoms with van der Waals surface area (Å²) >= 11 is 0. The van der Waals surface area contributed by atoms with Crippen LogP contribution in [0.15, 0.2) is 22.9 Å². The van der Waals surface area contributed by atoms with E-state index < -0.39 is 0 Å². The Morgan fingerprint density at radius 2 is 2.42 bits per heavy atom. The van der Waals surface area contributed by atoms with Gasteiger partial charge >= 0.3 is 0 Å². The van der Waals surface area contributed by atoms with Crippen LogP contribution in [0.25, 0.3) is 11.1 Å². The summed E-state index contributed by atoms with van der Waals surface area (Å²) in [6.07, 6.45) is 2.58. The molecule has 2 heterocycles. The summed E-state index contributed by atoms with van der Waals surface area (Å²) in [6.45, 7) is 1.01. The van der Waals surface area contributed by atoms with Gasteiger partial charge in [0.2, 0.25) is 0 Å². The van der Waals surface area contributed by atoms with Crippen molar-refractivity contribution in [3.63, 3.8) is 0 Å². The lowest BCUT2D eigenvalue weighted by Crippen LogP contribution is -1.91. The number of aromatic nitrogens is 1. The molecule has 2 aromatic rings. The van der Waals surface area contributed by atoms with E-state index >= 15 is 0 Å². The van der Waals surface area contributed by atoms with Gasteiger partial charge in [-0.05, 0) is 18.1 Å². The van der Waals surface area contributed by atoms with E-state index in [-0.39, 0.29) is 0 Å². The van der Waals surface area contributed by atoms with Crippen molar-refractivity contribution in [3.05, 3.63) is 24.1 Å². The fourth-order valence-electron chi connectivity index (χ4n) is 1.69. The van der Waals surface area contributed by atoms with Gasteiger partial charge in [0.15, 0.2) is 12.0 Å². The summed E-state index contributed by atoms with van der Waals surface area (Å²) in [4.78, 5) is 4.09. The molecule has 0 aliphatic carbocycles. The number of hydrogen-bond acceptors (Lipinski definition) is 3. The first-order valence-corrected chi connectivity index (χ1v) is 4.04. The molecule has 12 heavy (non-hydrogen) atoms. The molecule has 0 amide bonds. The summed E-state index contributed by atoms with van der Waals surface area (Å²) in [5.74, 6) is 0. The quantitative estimate of drug-likeness (QED) is 0.638. The number of hydrogen-bond donors (Lipinski definition) is 1. The molecule has 60 valence electrons. The fourth-order valence-corrected chi connectivity index (χ4v) is 1.69. The Labute approximate surface area is 69.4 Å². The van der Waals surface area contributed by atoms with Crippen molar-refractivity contribution in [1.82, 2.24) is 4.98 Å². The predicted molar refractivity (Wildman–Crippen MR) is 46.2 cm³/mol. The smallest absolute Gasteiger partial charge is 0.182 e. The summed E-state index contributed by atoms with van der Waals surface area (Å²) in [5.41, 5.74) is 4.29. The van der Waals surface area contributed by atoms with Gasteiger partial charge in [-0.2, -0.15) is 0 Å². The molecular formula is C9H8N2O. The average Bonchev–Trinajstić information content (AvgIpc) is 2.71. The zero-order valence-electron chi connectivity index (χ0n) is 6.50. The number of fused-ring (bicyclic) bond motifs is 3. The second-order valence-corrected chi connectivity index (χ2v) is 2.98. The monoisotopic (exact) mass is 160 g/mol. The van der Waals surface area contributed by atoms with Gasteiger partial charge in [0.1, 0.15) is 5.52 Å². The van der Waals surface area contributed by atoms with Crippen LogP contribution in [0.3, 0.4) is 0 Å². The van der Waals surface area contributed by atoms with E-state index in [9.17, 15) is 0 Å². The molecule has 1 aromatic carbocycles. The minimum atomic E-state index is 0.894. The van der Waals surface area contributed by atoms with E-state index in [1.807, 2.05) is 6.07 Å². The molecule has 0 fully saturated rings. The summed E-state index contributed by atoms with van der Waals surface area (Å²) in [6, 6.07) is 4.12. The van der Waals surface area contributed by atoms with Crippen LogP contribution in [0.2, 0.25) is 0 Å². The molecule has 0 unspecified atom stereocenters. The summed E-state index contributed by atoms with van der Waals surface area (Å²) in [5, 5.41) is 3.30. The normalized spacial score (nSPS) is 14.7. The maximum absolute atomic E-state index is 5.29. The first-order valence-electron chi connectivity index (χ1n) is 4.04. The molecule has 1 N–H and O–H groups in total. The molecule has 1 aliphatic rings. The molecule has 1 aliphatic heterocycles. The Morgan fingerprint density at radius 1 is 1.42 bits per heavy atom. The maximum Gasteiger partial charge on any atom is 0.182 e. The van der Waals surface area contributed by atoms with Gasteiger partial charge in [-0.15, -0.1) is 0 Å². The zero-order valence-corrected chi connectivity index (χ0v) is 6.50. The highest BCUT2D eigenvalue weighted by Crippen LogP contribution is 2.30. The van der Waals surface area contributed by atoms with Crippen molar-refractivity contribution in [2.45, 2.75) is 6.42 Å². The predicted octanol–water partition coefficient (Wildman–Crippen LogP) is 1.80. The van der Waals surface area contributed by atoms with E-state index in [0.29, 0.717) is 0 Å². The van der Waals surface area contributed by atoms with E-state index in [4.69, 9.17) is 4.42 Å². The third kappa shape index (κ3) is 0.630. The molecule has 3 heteroatoms. The number of anilines is 1. The lowest BCUT2D eigenvalue weighted by molar-refractivity contribution is 0.603. The molecule has 3 rings (SSSR count). The van der Waals surface area contributed by atoms with Crippen molar-refractivity contribution in [1.29, 1.82) is 0 Å². The van der Waals surface area contributed by atoms with Crippen molar-refractivity contribution < 1.29 is 4.42 Å². The lowest BCUT2D eigenvalue weighted by atomic mass is 10.1. The molecule has 0 bridgehead atoms. The Hall–Kier alpha value is -1.51. The first-order chi connectivity index (χ1) is 5.95. The van der Waals surface area contributed by atoms with Crippen LogP contribution in [-0.2, 0) is 6.42 Å². The Kier molecular flexibility index (Phi) is 1.01. The second-order valence-electron chi connectivity index (χ2n) is 2.98. The molecule has 1 aromatic heterocycles. The summed E-state index contributed by atoms with van der Waals surface area (Å²) in [7, 11) is 0. The molecule has 0 saturated carbocycles. The largest absolute Gasteiger partial charge is 0.441 e. The van der Waals surface area contributed by atoms with Crippen molar-refractivity contribution in [2.75, 3.05) is 11.9 Å². The van der Waals surface area contributed by atoms with Gasteiger partial charge < -0.3 is 9.73 Å². The van der Waals surface area contributed by atoms with Crippen molar-refractivity contribution in [3.8, 4) is 0 Å². The van der Waals surface area contributed by atoms with Crippen molar-refractivity contribution >= 4 is 16.8 Å². The van der Waals surface area contributed by atoms with Crippen molar-refractivity contribution in [2.24, 2.45) is 0 Å². The third-order valence-corrected chi connectivity index (χ3v) is 2.28.